The summed E-state index contributed by atoms with van der Waals surface area (Å²) in [5.41, 5.74) is 5.16. The number of nitrogens with one attached hydrogen (secondary N) is 3. The molecular weight excluding hydrogens is 374 g/mol. The number of rotatable bonds is 2. The van der Waals surface area contributed by atoms with Crippen LogP contribution in [-0.2, 0) is 0 Å². The van der Waals surface area contributed by atoms with E-state index in [1.54, 1.807) is 12.2 Å². The Morgan fingerprint density at radius 2 is 1.10 bits per heavy atom. The second kappa shape index (κ2) is 5.87. The van der Waals surface area contributed by atoms with Gasteiger partial charge in [-0.1, -0.05) is 48.5 Å². The van der Waals surface area contributed by atoms with Crippen LogP contribution in [0.15, 0.2) is 60.7 Å². The van der Waals surface area contributed by atoms with E-state index in [2.05, 4.69) is 10.6 Å². The van der Waals surface area contributed by atoms with Crippen molar-refractivity contribution in [3.8, 4) is 0 Å². The first-order valence-corrected chi connectivity index (χ1v) is 9.66. The van der Waals surface area contributed by atoms with Crippen molar-refractivity contribution in [3.63, 3.8) is 0 Å². The van der Waals surface area contributed by atoms with Crippen LogP contribution in [0.5, 0.6) is 0 Å². The Bertz CT molecular complexity index is 1370. The maximum atomic E-state index is 10.2. The van der Waals surface area contributed by atoms with E-state index in [1.807, 2.05) is 60.7 Å². The minimum absolute atomic E-state index is 0.141. The minimum Gasteiger partial charge on any atom is -0.507 e. The lowest BCUT2D eigenvalue weighted by Gasteiger charge is -2.15. The van der Waals surface area contributed by atoms with Crippen molar-refractivity contribution in [2.75, 3.05) is 10.6 Å². The number of anilines is 2. The molecular formula is C25H17N3O2. The molecule has 5 heteroatoms. The highest BCUT2D eigenvalue weighted by Crippen LogP contribution is 2.40. The normalized spacial score (nSPS) is 13.5. The summed E-state index contributed by atoms with van der Waals surface area (Å²) in [6, 6.07) is 19.3. The molecule has 30 heavy (non-hydrogen) atoms. The largest absolute Gasteiger partial charge is 0.507 e. The van der Waals surface area contributed by atoms with Gasteiger partial charge in [-0.05, 0) is 35.4 Å². The van der Waals surface area contributed by atoms with Crippen molar-refractivity contribution >= 4 is 62.5 Å². The summed E-state index contributed by atoms with van der Waals surface area (Å²) in [5.74, 6) is 0.679. The highest BCUT2D eigenvalue weighted by atomic mass is 16.3. The van der Waals surface area contributed by atoms with Gasteiger partial charge in [0.15, 0.2) is 5.96 Å². The first kappa shape index (κ1) is 16.7. The van der Waals surface area contributed by atoms with E-state index < -0.39 is 0 Å². The molecule has 0 amide bonds. The van der Waals surface area contributed by atoms with Crippen LogP contribution < -0.4 is 10.6 Å². The standard InChI is InChI=1S/C25H17N3O2/c26-25(27-19-9-7-13-11-21(29)17-5-1-3-15(19)23(13)17)28-20-10-8-14-12-22(30)18-6-2-4-16(20)24(14)18/h1-12,29-30H,(H3,26,27,28). The van der Waals surface area contributed by atoms with Gasteiger partial charge in [-0.2, -0.15) is 0 Å². The molecule has 0 fully saturated rings. The van der Waals surface area contributed by atoms with Gasteiger partial charge in [0, 0.05) is 44.0 Å². The van der Waals surface area contributed by atoms with Crippen LogP contribution in [0.2, 0.25) is 0 Å². The van der Waals surface area contributed by atoms with E-state index in [0.29, 0.717) is 0 Å². The van der Waals surface area contributed by atoms with Gasteiger partial charge in [-0.3, -0.25) is 5.41 Å². The van der Waals surface area contributed by atoms with Crippen LogP contribution in [0.4, 0.5) is 11.4 Å². The highest BCUT2D eigenvalue weighted by molar-refractivity contribution is 6.17. The molecule has 4 aromatic carbocycles. The van der Waals surface area contributed by atoms with E-state index in [0.717, 1.165) is 55.2 Å². The van der Waals surface area contributed by atoms with Gasteiger partial charge in [-0.15, -0.1) is 0 Å². The highest BCUT2D eigenvalue weighted by Gasteiger charge is 2.19. The van der Waals surface area contributed by atoms with Crippen molar-refractivity contribution in [2.45, 2.75) is 0 Å². The van der Waals surface area contributed by atoms with E-state index in [1.165, 1.54) is 0 Å². The summed E-state index contributed by atoms with van der Waals surface area (Å²) in [4.78, 5) is 0. The molecule has 0 radical (unpaired) electrons. The molecule has 6 rings (SSSR count). The average molecular weight is 391 g/mol. The molecule has 0 unspecified atom stereocenters. The molecule has 2 aliphatic carbocycles. The Balaban J connectivity index is 1.35. The fraction of sp³-hybridized carbons (Fsp3) is 0. The third kappa shape index (κ3) is 2.26. The van der Waals surface area contributed by atoms with E-state index >= 15 is 0 Å². The Labute approximate surface area is 172 Å². The summed E-state index contributed by atoms with van der Waals surface area (Å²) in [7, 11) is 0. The molecule has 0 aromatic heterocycles. The van der Waals surface area contributed by atoms with Gasteiger partial charge < -0.3 is 20.8 Å². The van der Waals surface area contributed by atoms with Crippen molar-refractivity contribution in [3.05, 3.63) is 82.9 Å². The van der Waals surface area contributed by atoms with Gasteiger partial charge in [0.25, 0.3) is 0 Å². The zero-order valence-corrected chi connectivity index (χ0v) is 15.8. The van der Waals surface area contributed by atoms with Crippen LogP contribution in [0, 0.1) is 5.41 Å². The lowest BCUT2D eigenvalue weighted by molar-refractivity contribution is 0.517. The maximum absolute atomic E-state index is 10.2. The van der Waals surface area contributed by atoms with Crippen molar-refractivity contribution in [1.82, 2.24) is 0 Å². The molecule has 0 spiro atoms. The lowest BCUT2D eigenvalue weighted by atomic mass is 10.0. The van der Waals surface area contributed by atoms with Crippen LogP contribution in [0.25, 0.3) is 45.2 Å². The molecule has 0 saturated carbocycles. The topological polar surface area (TPSA) is 88.4 Å². The lowest BCUT2D eigenvalue weighted by Crippen LogP contribution is -2.20. The SMILES string of the molecule is N=C(Nc1ccc2c3c(cccc13)C(O)=C2)Nc1ccc2c3c(cccc13)C(O)=C2. The predicted molar refractivity (Wildman–Crippen MR) is 124 cm³/mol. The quantitative estimate of drug-likeness (QED) is 0.208. The van der Waals surface area contributed by atoms with Gasteiger partial charge in [0.2, 0.25) is 0 Å². The summed E-state index contributed by atoms with van der Waals surface area (Å²) in [6.45, 7) is 0. The smallest absolute Gasteiger partial charge is 0.197 e. The summed E-state index contributed by atoms with van der Waals surface area (Å²) in [6.07, 6.45) is 3.53. The number of hydrogen-bond acceptors (Lipinski definition) is 3. The Morgan fingerprint density at radius 3 is 1.57 bits per heavy atom. The molecule has 2 aliphatic rings. The summed E-state index contributed by atoms with van der Waals surface area (Å²) >= 11 is 0. The van der Waals surface area contributed by atoms with E-state index in [-0.39, 0.29) is 17.5 Å². The fourth-order valence-electron chi connectivity index (χ4n) is 4.50. The van der Waals surface area contributed by atoms with Crippen LogP contribution in [0.1, 0.15) is 22.3 Å². The van der Waals surface area contributed by atoms with Crippen molar-refractivity contribution < 1.29 is 10.2 Å². The number of aliphatic hydroxyl groups excluding tert-OH is 2. The molecule has 0 saturated heterocycles. The predicted octanol–water partition coefficient (Wildman–Crippen LogP) is 6.19. The molecule has 0 aliphatic heterocycles. The first-order valence-electron chi connectivity index (χ1n) is 9.66. The average Bonchev–Trinajstić information content (AvgIpc) is 3.25. The zero-order chi connectivity index (χ0) is 20.4. The van der Waals surface area contributed by atoms with Crippen LogP contribution in [-0.4, -0.2) is 16.2 Å². The number of aliphatic hydroxyl groups is 2. The van der Waals surface area contributed by atoms with Gasteiger partial charge in [-0.25, -0.2) is 0 Å². The van der Waals surface area contributed by atoms with Crippen molar-refractivity contribution in [1.29, 1.82) is 5.41 Å². The molecule has 0 heterocycles. The number of hydrogen-bond donors (Lipinski definition) is 5. The minimum atomic E-state index is 0.141. The van der Waals surface area contributed by atoms with Crippen LogP contribution in [0.3, 0.4) is 0 Å². The molecule has 5 nitrogen and oxygen atoms in total. The third-order valence-corrected chi connectivity index (χ3v) is 5.80. The molecule has 0 bridgehead atoms. The van der Waals surface area contributed by atoms with Crippen molar-refractivity contribution in [2.24, 2.45) is 0 Å². The monoisotopic (exact) mass is 391 g/mol. The molecule has 144 valence electrons. The molecule has 4 aromatic rings. The second-order valence-corrected chi connectivity index (χ2v) is 7.55. The maximum Gasteiger partial charge on any atom is 0.197 e. The summed E-state index contributed by atoms with van der Waals surface area (Å²) in [5, 5.41) is 39.0. The zero-order valence-electron chi connectivity index (χ0n) is 15.8. The molecule has 5 N–H and O–H groups in total. The Morgan fingerprint density at radius 1 is 0.633 bits per heavy atom. The second-order valence-electron chi connectivity index (χ2n) is 7.55. The van der Waals surface area contributed by atoms with Gasteiger partial charge in [0.05, 0.1) is 0 Å². The Hall–Kier alpha value is -4.25. The van der Waals surface area contributed by atoms with E-state index in [4.69, 9.17) is 5.41 Å². The third-order valence-electron chi connectivity index (χ3n) is 5.80. The Kier molecular flexibility index (Phi) is 3.27. The first-order chi connectivity index (χ1) is 14.6. The van der Waals surface area contributed by atoms with Gasteiger partial charge >= 0.3 is 0 Å². The number of benzene rings is 4. The summed E-state index contributed by atoms with van der Waals surface area (Å²) < 4.78 is 0. The van der Waals surface area contributed by atoms with Crippen LogP contribution >= 0.6 is 0 Å². The molecule has 0 atom stereocenters. The van der Waals surface area contributed by atoms with E-state index in [9.17, 15) is 10.2 Å². The number of guanidine groups is 1. The fourth-order valence-corrected chi connectivity index (χ4v) is 4.50. The van der Waals surface area contributed by atoms with Gasteiger partial charge in [0.1, 0.15) is 11.5 Å².